The Bertz CT molecular complexity index is 1030. The standard InChI is InChI=1S/C21H26N4O4/c26-18(13-15-5-1-2-6-15)23-9-11-24(12-10-23)19(27)14-25-17-8-4-3-7-16(17)20(28)22-21(25)29/h3-4,7-8,15H,1-2,5-6,9-14H2,(H,22,28,29). The Balaban J connectivity index is 1.39. The number of aromatic amines is 1. The molecule has 154 valence electrons. The minimum Gasteiger partial charge on any atom is -0.339 e. The molecule has 2 aliphatic rings. The number of nitrogens with one attached hydrogen (secondary N) is 1. The number of piperazine rings is 1. The van der Waals surface area contributed by atoms with E-state index in [2.05, 4.69) is 4.98 Å². The number of benzene rings is 1. The number of carbonyl (C=O) groups excluding carboxylic acids is 2. The highest BCUT2D eigenvalue weighted by Crippen LogP contribution is 2.28. The summed E-state index contributed by atoms with van der Waals surface area (Å²) in [4.78, 5) is 55.3. The Hall–Kier alpha value is -2.90. The Kier molecular flexibility index (Phi) is 5.51. The number of aromatic nitrogens is 2. The van der Waals surface area contributed by atoms with E-state index < -0.39 is 11.2 Å². The van der Waals surface area contributed by atoms with Crippen molar-refractivity contribution in [2.45, 2.75) is 38.6 Å². The number of H-pyrrole nitrogens is 1. The average molecular weight is 398 g/mol. The first-order valence-corrected chi connectivity index (χ1v) is 10.3. The summed E-state index contributed by atoms with van der Waals surface area (Å²) >= 11 is 0. The van der Waals surface area contributed by atoms with E-state index in [4.69, 9.17) is 0 Å². The molecule has 0 spiro atoms. The van der Waals surface area contributed by atoms with E-state index >= 15 is 0 Å². The smallest absolute Gasteiger partial charge is 0.329 e. The molecule has 0 atom stereocenters. The Morgan fingerprint density at radius 2 is 1.55 bits per heavy atom. The summed E-state index contributed by atoms with van der Waals surface area (Å²) in [5.74, 6) is 0.515. The van der Waals surface area contributed by atoms with Crippen LogP contribution in [-0.4, -0.2) is 57.3 Å². The quantitative estimate of drug-likeness (QED) is 0.829. The molecule has 0 radical (unpaired) electrons. The maximum absolute atomic E-state index is 12.8. The number of hydrogen-bond donors (Lipinski definition) is 1. The van der Waals surface area contributed by atoms with E-state index in [1.165, 1.54) is 17.4 Å². The second kappa shape index (κ2) is 8.23. The summed E-state index contributed by atoms with van der Waals surface area (Å²) < 4.78 is 1.30. The van der Waals surface area contributed by atoms with Gasteiger partial charge in [-0.15, -0.1) is 0 Å². The van der Waals surface area contributed by atoms with Crippen LogP contribution in [-0.2, 0) is 16.1 Å². The van der Waals surface area contributed by atoms with Crippen molar-refractivity contribution in [2.24, 2.45) is 5.92 Å². The third-order valence-electron chi connectivity index (χ3n) is 6.12. The van der Waals surface area contributed by atoms with Crippen molar-refractivity contribution in [3.05, 3.63) is 45.1 Å². The van der Waals surface area contributed by atoms with E-state index in [0.717, 1.165) is 12.8 Å². The molecule has 8 nitrogen and oxygen atoms in total. The lowest BCUT2D eigenvalue weighted by Crippen LogP contribution is -2.52. The molecule has 1 aliphatic carbocycles. The highest BCUT2D eigenvalue weighted by atomic mass is 16.2. The minimum absolute atomic E-state index is 0.133. The maximum Gasteiger partial charge on any atom is 0.329 e. The highest BCUT2D eigenvalue weighted by molar-refractivity contribution is 5.82. The largest absolute Gasteiger partial charge is 0.339 e. The fourth-order valence-electron chi connectivity index (χ4n) is 4.43. The van der Waals surface area contributed by atoms with Gasteiger partial charge in [-0.25, -0.2) is 4.79 Å². The Morgan fingerprint density at radius 3 is 2.24 bits per heavy atom. The van der Waals surface area contributed by atoms with Gasteiger partial charge < -0.3 is 9.80 Å². The molecule has 1 aliphatic heterocycles. The van der Waals surface area contributed by atoms with Gasteiger partial charge in [0.15, 0.2) is 0 Å². The van der Waals surface area contributed by atoms with Crippen molar-refractivity contribution in [1.29, 1.82) is 0 Å². The van der Waals surface area contributed by atoms with Crippen LogP contribution in [0.15, 0.2) is 33.9 Å². The summed E-state index contributed by atoms with van der Waals surface area (Å²) in [6, 6.07) is 6.75. The van der Waals surface area contributed by atoms with Crippen LogP contribution < -0.4 is 11.2 Å². The molecule has 0 unspecified atom stereocenters. The summed E-state index contributed by atoms with van der Waals surface area (Å²) in [6.45, 7) is 1.85. The monoisotopic (exact) mass is 398 g/mol. The van der Waals surface area contributed by atoms with Gasteiger partial charge in [0, 0.05) is 32.6 Å². The molecule has 1 N–H and O–H groups in total. The van der Waals surface area contributed by atoms with Gasteiger partial charge in [0.1, 0.15) is 6.54 Å². The van der Waals surface area contributed by atoms with Crippen LogP contribution in [0.25, 0.3) is 10.9 Å². The van der Waals surface area contributed by atoms with Crippen molar-refractivity contribution in [1.82, 2.24) is 19.4 Å². The van der Waals surface area contributed by atoms with E-state index in [1.54, 1.807) is 29.2 Å². The summed E-state index contributed by atoms with van der Waals surface area (Å²) in [7, 11) is 0. The summed E-state index contributed by atoms with van der Waals surface area (Å²) in [5, 5.41) is 0.377. The van der Waals surface area contributed by atoms with Crippen molar-refractivity contribution in [3.63, 3.8) is 0 Å². The maximum atomic E-state index is 12.8. The lowest BCUT2D eigenvalue weighted by molar-refractivity contribution is -0.140. The molecule has 1 saturated carbocycles. The second-order valence-electron chi connectivity index (χ2n) is 7.98. The molecule has 29 heavy (non-hydrogen) atoms. The molecular formula is C21H26N4O4. The van der Waals surface area contributed by atoms with Gasteiger partial charge in [0.25, 0.3) is 5.56 Å². The van der Waals surface area contributed by atoms with E-state index in [9.17, 15) is 19.2 Å². The first kappa shape index (κ1) is 19.4. The normalized spacial score (nSPS) is 17.8. The predicted molar refractivity (Wildman–Crippen MR) is 109 cm³/mol. The summed E-state index contributed by atoms with van der Waals surface area (Å²) in [5.41, 5.74) is -0.601. The van der Waals surface area contributed by atoms with E-state index in [1.807, 2.05) is 4.90 Å². The van der Waals surface area contributed by atoms with Crippen LogP contribution in [0.5, 0.6) is 0 Å². The molecule has 4 rings (SSSR count). The average Bonchev–Trinajstić information content (AvgIpc) is 3.24. The van der Waals surface area contributed by atoms with Crippen LogP contribution in [0.4, 0.5) is 0 Å². The van der Waals surface area contributed by atoms with Gasteiger partial charge >= 0.3 is 5.69 Å². The third-order valence-corrected chi connectivity index (χ3v) is 6.12. The SMILES string of the molecule is O=C(CC1CCCC1)N1CCN(C(=O)Cn2c(=O)[nH]c(=O)c3ccccc32)CC1. The molecule has 0 bridgehead atoms. The number of hydrogen-bond acceptors (Lipinski definition) is 4. The lowest BCUT2D eigenvalue weighted by atomic mass is 10.0. The number of para-hydroxylation sites is 1. The number of nitrogens with zero attached hydrogens (tertiary/aromatic N) is 3. The lowest BCUT2D eigenvalue weighted by Gasteiger charge is -2.35. The fourth-order valence-corrected chi connectivity index (χ4v) is 4.43. The van der Waals surface area contributed by atoms with Gasteiger partial charge in [0.05, 0.1) is 10.9 Å². The van der Waals surface area contributed by atoms with Gasteiger partial charge in [-0.1, -0.05) is 25.0 Å². The Labute approximate surface area is 168 Å². The second-order valence-corrected chi connectivity index (χ2v) is 7.98. The van der Waals surface area contributed by atoms with Crippen molar-refractivity contribution < 1.29 is 9.59 Å². The number of carbonyl (C=O) groups is 2. The zero-order chi connectivity index (χ0) is 20.4. The molecular weight excluding hydrogens is 372 g/mol. The van der Waals surface area contributed by atoms with Crippen LogP contribution >= 0.6 is 0 Å². The zero-order valence-electron chi connectivity index (χ0n) is 16.4. The summed E-state index contributed by atoms with van der Waals surface area (Å²) in [6.07, 6.45) is 5.35. The van der Waals surface area contributed by atoms with Gasteiger partial charge in [-0.2, -0.15) is 0 Å². The molecule has 2 amide bonds. The van der Waals surface area contributed by atoms with Crippen molar-refractivity contribution in [3.8, 4) is 0 Å². The van der Waals surface area contributed by atoms with Crippen LogP contribution in [0.1, 0.15) is 32.1 Å². The van der Waals surface area contributed by atoms with Crippen LogP contribution in [0.3, 0.4) is 0 Å². The topological polar surface area (TPSA) is 95.5 Å². The predicted octanol–water partition coefficient (Wildman–Crippen LogP) is 0.941. The molecule has 8 heteroatoms. The van der Waals surface area contributed by atoms with Crippen LogP contribution in [0.2, 0.25) is 0 Å². The number of rotatable bonds is 4. The molecule has 2 heterocycles. The minimum atomic E-state index is -0.590. The first-order valence-electron chi connectivity index (χ1n) is 10.3. The molecule has 1 aromatic heterocycles. The zero-order valence-corrected chi connectivity index (χ0v) is 16.4. The van der Waals surface area contributed by atoms with Crippen LogP contribution in [0, 0.1) is 5.92 Å². The number of amides is 2. The van der Waals surface area contributed by atoms with Crippen molar-refractivity contribution in [2.75, 3.05) is 26.2 Å². The van der Waals surface area contributed by atoms with Crippen molar-refractivity contribution >= 4 is 22.7 Å². The molecule has 2 aromatic rings. The third kappa shape index (κ3) is 4.11. The highest BCUT2D eigenvalue weighted by Gasteiger charge is 2.27. The Morgan fingerprint density at radius 1 is 0.931 bits per heavy atom. The van der Waals surface area contributed by atoms with Gasteiger partial charge in [0.2, 0.25) is 11.8 Å². The fraction of sp³-hybridized carbons (Fsp3) is 0.524. The van der Waals surface area contributed by atoms with Gasteiger partial charge in [-0.3, -0.25) is 23.9 Å². The molecule has 1 saturated heterocycles. The van der Waals surface area contributed by atoms with E-state index in [0.29, 0.717) is 49.4 Å². The number of fused-ring (bicyclic) bond motifs is 1. The van der Waals surface area contributed by atoms with Gasteiger partial charge in [-0.05, 0) is 30.9 Å². The van der Waals surface area contributed by atoms with E-state index in [-0.39, 0.29) is 18.4 Å². The molecule has 2 fully saturated rings. The first-order chi connectivity index (χ1) is 14.0. The molecule has 1 aromatic carbocycles.